The van der Waals surface area contributed by atoms with Crippen molar-refractivity contribution in [2.75, 3.05) is 0 Å². The van der Waals surface area contributed by atoms with Crippen LogP contribution in [0.2, 0.25) is 0 Å². The van der Waals surface area contributed by atoms with Crippen LogP contribution in [-0.2, 0) is 42.4 Å². The van der Waals surface area contributed by atoms with Crippen LogP contribution in [0.25, 0.3) is 0 Å². The van der Waals surface area contributed by atoms with Gasteiger partial charge in [-0.2, -0.15) is 16.8 Å². The SMILES string of the molecule is O=S(=O)(O)OCc1ccc(COS(=O)(=O)O)cc1. The molecule has 0 radical (unpaired) electrons. The van der Waals surface area contributed by atoms with E-state index >= 15 is 0 Å². The highest BCUT2D eigenvalue weighted by atomic mass is 32.3. The minimum Gasteiger partial charge on any atom is -0.264 e. The zero-order valence-corrected chi connectivity index (χ0v) is 10.5. The highest BCUT2D eigenvalue weighted by Crippen LogP contribution is 2.08. The summed E-state index contributed by atoms with van der Waals surface area (Å²) in [7, 11) is -9.00. The van der Waals surface area contributed by atoms with E-state index in [2.05, 4.69) is 8.37 Å². The van der Waals surface area contributed by atoms with Gasteiger partial charge in [0.05, 0.1) is 13.2 Å². The Morgan fingerprint density at radius 3 is 1.28 bits per heavy atom. The van der Waals surface area contributed by atoms with Crippen molar-refractivity contribution in [3.8, 4) is 0 Å². The van der Waals surface area contributed by atoms with E-state index < -0.39 is 20.8 Å². The van der Waals surface area contributed by atoms with Gasteiger partial charge in [-0.3, -0.25) is 9.11 Å². The molecule has 0 aliphatic heterocycles. The molecular weight excluding hydrogens is 288 g/mol. The highest BCUT2D eigenvalue weighted by Gasteiger charge is 2.06. The minimum absolute atomic E-state index is 0.349. The Balaban J connectivity index is 2.58. The Hall–Kier alpha value is -1.04. The number of hydrogen-bond donors (Lipinski definition) is 2. The van der Waals surface area contributed by atoms with Crippen molar-refractivity contribution in [1.29, 1.82) is 0 Å². The average Bonchev–Trinajstić information content (AvgIpc) is 2.23. The van der Waals surface area contributed by atoms with Crippen LogP contribution in [-0.4, -0.2) is 25.9 Å². The molecule has 1 rings (SSSR count). The molecule has 0 aliphatic rings. The maximum Gasteiger partial charge on any atom is 0.397 e. The van der Waals surface area contributed by atoms with E-state index in [1.807, 2.05) is 0 Å². The third-order valence-corrected chi connectivity index (χ3v) is 2.60. The third-order valence-electron chi connectivity index (χ3n) is 1.77. The lowest BCUT2D eigenvalue weighted by Gasteiger charge is -2.03. The molecule has 0 heterocycles. The lowest BCUT2D eigenvalue weighted by Crippen LogP contribution is -2.04. The normalized spacial score (nSPS) is 12.6. The zero-order valence-electron chi connectivity index (χ0n) is 8.88. The number of benzene rings is 1. The van der Waals surface area contributed by atoms with Crippen LogP contribution in [0, 0.1) is 0 Å². The fourth-order valence-corrected chi connectivity index (χ4v) is 1.59. The lowest BCUT2D eigenvalue weighted by molar-refractivity contribution is 0.256. The molecule has 0 atom stereocenters. The maximum absolute atomic E-state index is 10.3. The molecule has 0 saturated heterocycles. The summed E-state index contributed by atoms with van der Waals surface area (Å²) in [5.41, 5.74) is 0.895. The van der Waals surface area contributed by atoms with Gasteiger partial charge in [0, 0.05) is 0 Å². The molecule has 0 fully saturated rings. The molecule has 1 aromatic carbocycles. The Kier molecular flexibility index (Phi) is 4.78. The van der Waals surface area contributed by atoms with Gasteiger partial charge in [-0.25, -0.2) is 8.37 Å². The summed E-state index contributed by atoms with van der Waals surface area (Å²) >= 11 is 0. The van der Waals surface area contributed by atoms with Crippen molar-refractivity contribution < 1.29 is 34.3 Å². The van der Waals surface area contributed by atoms with Crippen LogP contribution in [0.4, 0.5) is 0 Å². The molecule has 0 aromatic heterocycles. The lowest BCUT2D eigenvalue weighted by atomic mass is 10.1. The van der Waals surface area contributed by atoms with Crippen LogP contribution in [0.5, 0.6) is 0 Å². The van der Waals surface area contributed by atoms with Crippen molar-refractivity contribution in [2.45, 2.75) is 13.2 Å². The first-order valence-electron chi connectivity index (χ1n) is 4.47. The largest absolute Gasteiger partial charge is 0.397 e. The van der Waals surface area contributed by atoms with Gasteiger partial charge in [0.1, 0.15) is 0 Å². The number of rotatable bonds is 6. The molecule has 8 nitrogen and oxygen atoms in total. The van der Waals surface area contributed by atoms with Gasteiger partial charge in [0.15, 0.2) is 0 Å². The molecule has 1 aromatic rings. The maximum atomic E-state index is 10.3. The molecule has 0 saturated carbocycles. The van der Waals surface area contributed by atoms with Crippen molar-refractivity contribution in [3.05, 3.63) is 35.4 Å². The molecule has 18 heavy (non-hydrogen) atoms. The Morgan fingerprint density at radius 2 is 1.06 bits per heavy atom. The van der Waals surface area contributed by atoms with E-state index in [9.17, 15) is 16.8 Å². The minimum atomic E-state index is -4.50. The average molecular weight is 298 g/mol. The van der Waals surface area contributed by atoms with E-state index in [1.165, 1.54) is 24.3 Å². The summed E-state index contributed by atoms with van der Waals surface area (Å²) in [5.74, 6) is 0. The molecule has 0 aliphatic carbocycles. The van der Waals surface area contributed by atoms with Crippen molar-refractivity contribution in [2.24, 2.45) is 0 Å². The first kappa shape index (κ1) is 15.0. The van der Waals surface area contributed by atoms with Crippen molar-refractivity contribution >= 4 is 20.8 Å². The standard InChI is InChI=1S/C8H10O8S2/c9-17(10,11)15-5-7-1-2-8(4-3-7)6-16-18(12,13)14/h1-4H,5-6H2,(H,9,10,11)(H,12,13,14). The van der Waals surface area contributed by atoms with E-state index in [0.717, 1.165) is 0 Å². The second-order valence-electron chi connectivity index (χ2n) is 3.20. The van der Waals surface area contributed by atoms with Gasteiger partial charge in [0.2, 0.25) is 0 Å². The number of hydrogen-bond acceptors (Lipinski definition) is 6. The van der Waals surface area contributed by atoms with Crippen LogP contribution in [0.3, 0.4) is 0 Å². The van der Waals surface area contributed by atoms with Gasteiger partial charge in [-0.1, -0.05) is 24.3 Å². The van der Waals surface area contributed by atoms with Gasteiger partial charge in [0.25, 0.3) is 0 Å². The predicted octanol–water partition coefficient (Wildman–Crippen LogP) is 0.325. The Bertz CT molecular complexity index is 531. The van der Waals surface area contributed by atoms with Crippen LogP contribution in [0.15, 0.2) is 24.3 Å². The summed E-state index contributed by atoms with van der Waals surface area (Å²) in [6.07, 6.45) is 0. The fraction of sp³-hybridized carbons (Fsp3) is 0.250. The first-order valence-corrected chi connectivity index (χ1v) is 7.20. The monoisotopic (exact) mass is 298 g/mol. The summed E-state index contributed by atoms with van der Waals surface area (Å²) in [6.45, 7) is -0.698. The first-order chi connectivity index (χ1) is 8.16. The second-order valence-corrected chi connectivity index (χ2v) is 5.38. The molecule has 0 bridgehead atoms. The summed E-state index contributed by atoms with van der Waals surface area (Å²) < 4.78 is 66.2. The van der Waals surface area contributed by atoms with Crippen molar-refractivity contribution in [1.82, 2.24) is 0 Å². The molecule has 0 amide bonds. The Morgan fingerprint density at radius 1 is 0.778 bits per heavy atom. The Labute approximate surface area is 104 Å². The van der Waals surface area contributed by atoms with E-state index in [-0.39, 0.29) is 13.2 Å². The van der Waals surface area contributed by atoms with Gasteiger partial charge in [-0.05, 0) is 11.1 Å². The van der Waals surface area contributed by atoms with Gasteiger partial charge in [-0.15, -0.1) is 0 Å². The molecule has 0 unspecified atom stereocenters. The molecule has 10 heteroatoms. The zero-order chi connectivity index (χ0) is 13.8. The fourth-order valence-electron chi connectivity index (χ4n) is 1.02. The summed E-state index contributed by atoms with van der Waals surface area (Å²) in [4.78, 5) is 0. The molecular formula is C8H10O8S2. The highest BCUT2D eigenvalue weighted by molar-refractivity contribution is 7.81. The summed E-state index contributed by atoms with van der Waals surface area (Å²) in [6, 6.07) is 5.81. The van der Waals surface area contributed by atoms with E-state index in [4.69, 9.17) is 9.11 Å². The smallest absolute Gasteiger partial charge is 0.264 e. The van der Waals surface area contributed by atoms with Gasteiger partial charge >= 0.3 is 20.8 Å². The van der Waals surface area contributed by atoms with Crippen LogP contribution >= 0.6 is 0 Å². The predicted molar refractivity (Wildman–Crippen MR) is 59.1 cm³/mol. The summed E-state index contributed by atoms with van der Waals surface area (Å²) in [5, 5.41) is 0. The van der Waals surface area contributed by atoms with Crippen LogP contribution < -0.4 is 0 Å². The van der Waals surface area contributed by atoms with Crippen molar-refractivity contribution in [3.63, 3.8) is 0 Å². The quantitative estimate of drug-likeness (QED) is 0.719. The molecule has 0 spiro atoms. The van der Waals surface area contributed by atoms with E-state index in [1.54, 1.807) is 0 Å². The second kappa shape index (κ2) is 5.73. The molecule has 2 N–H and O–H groups in total. The van der Waals surface area contributed by atoms with E-state index in [0.29, 0.717) is 11.1 Å². The molecule has 102 valence electrons. The topological polar surface area (TPSA) is 127 Å². The van der Waals surface area contributed by atoms with Crippen LogP contribution in [0.1, 0.15) is 11.1 Å². The third kappa shape index (κ3) is 6.64. The van der Waals surface area contributed by atoms with Gasteiger partial charge < -0.3 is 0 Å².